The first-order valence-corrected chi connectivity index (χ1v) is 7.40. The minimum Gasteiger partial charge on any atom is -0.549 e. The average Bonchev–Trinajstić information content (AvgIpc) is 2.35. The number of unbranched alkanes of at least 4 members (excludes halogenated alkanes) is 2. The van der Waals surface area contributed by atoms with Gasteiger partial charge in [0.1, 0.15) is 0 Å². The van der Waals surface area contributed by atoms with E-state index in [1.807, 2.05) is 6.92 Å². The van der Waals surface area contributed by atoms with Gasteiger partial charge in [0.05, 0.1) is 5.97 Å². The lowest BCUT2D eigenvalue weighted by Crippen LogP contribution is -2.36. The number of carbonyl (C=O) groups is 1. The fraction of sp³-hybridized carbons (Fsp3) is 0.867. The minimum absolute atomic E-state index is 0.353. The van der Waals surface area contributed by atoms with Crippen LogP contribution in [0.2, 0.25) is 0 Å². The maximum Gasteiger partial charge on any atom is 0.0501 e. The number of aliphatic imine (C=N–C) groups is 1. The molecule has 0 radical (unpaired) electrons. The van der Waals surface area contributed by atoms with Gasteiger partial charge in [-0.1, -0.05) is 45.4 Å². The maximum atomic E-state index is 11.2. The van der Waals surface area contributed by atoms with Gasteiger partial charge in [-0.2, -0.15) is 0 Å². The summed E-state index contributed by atoms with van der Waals surface area (Å²) in [5.41, 5.74) is 0.776. The van der Waals surface area contributed by atoms with Gasteiger partial charge in [0.25, 0.3) is 0 Å². The molecule has 18 heavy (non-hydrogen) atoms. The molecule has 1 aliphatic rings. The normalized spacial score (nSPS) is 19.8. The van der Waals surface area contributed by atoms with Crippen LogP contribution in [0.1, 0.15) is 71.6 Å². The molecule has 0 N–H and O–H groups in total. The summed E-state index contributed by atoms with van der Waals surface area (Å²) in [6, 6.07) is 0.353. The Hall–Kier alpha value is -0.860. The Kier molecular flexibility index (Phi) is 6.99. The Morgan fingerprint density at radius 2 is 1.94 bits per heavy atom. The van der Waals surface area contributed by atoms with Gasteiger partial charge in [0, 0.05) is 17.7 Å². The Bertz CT molecular complexity index is 280. The van der Waals surface area contributed by atoms with Crippen molar-refractivity contribution in [2.24, 2.45) is 10.9 Å². The van der Waals surface area contributed by atoms with E-state index < -0.39 is 11.9 Å². The van der Waals surface area contributed by atoms with Gasteiger partial charge in [-0.15, -0.1) is 0 Å². The van der Waals surface area contributed by atoms with Gasteiger partial charge in [-0.25, -0.2) is 0 Å². The van der Waals surface area contributed by atoms with Gasteiger partial charge in [0.2, 0.25) is 0 Å². The zero-order valence-electron chi connectivity index (χ0n) is 11.8. The van der Waals surface area contributed by atoms with Gasteiger partial charge in [0.15, 0.2) is 0 Å². The molecule has 0 aromatic rings. The largest absolute Gasteiger partial charge is 0.549 e. The number of hydrogen-bond acceptors (Lipinski definition) is 3. The second kappa shape index (κ2) is 8.28. The lowest BCUT2D eigenvalue weighted by Gasteiger charge is -2.22. The van der Waals surface area contributed by atoms with Crippen LogP contribution in [0.15, 0.2) is 4.99 Å². The molecule has 0 spiro atoms. The molecule has 0 bridgehead atoms. The van der Waals surface area contributed by atoms with E-state index in [9.17, 15) is 9.90 Å². The molecule has 0 aliphatic heterocycles. The van der Waals surface area contributed by atoms with E-state index in [2.05, 4.69) is 11.9 Å². The number of hydrogen-bond donors (Lipinski definition) is 0. The van der Waals surface area contributed by atoms with Crippen LogP contribution in [0.25, 0.3) is 0 Å². The molecule has 1 aliphatic carbocycles. The van der Waals surface area contributed by atoms with Crippen LogP contribution in [0.3, 0.4) is 0 Å². The first-order valence-electron chi connectivity index (χ1n) is 7.40. The molecule has 0 amide bonds. The molecule has 0 aromatic heterocycles. The molecular formula is C15H26NO2-. The third-order valence-corrected chi connectivity index (χ3v) is 3.85. The number of aliphatic carboxylic acids is 1. The van der Waals surface area contributed by atoms with E-state index in [0.29, 0.717) is 12.5 Å². The first kappa shape index (κ1) is 15.2. The van der Waals surface area contributed by atoms with Crippen LogP contribution in [0.5, 0.6) is 0 Å². The summed E-state index contributed by atoms with van der Waals surface area (Å²) in [5, 5.41) is 11.2. The summed E-state index contributed by atoms with van der Waals surface area (Å²) in [6.07, 6.45) is 9.81. The van der Waals surface area contributed by atoms with Gasteiger partial charge >= 0.3 is 0 Å². The number of nitrogens with zero attached hydrogens (tertiary/aromatic N) is 1. The van der Waals surface area contributed by atoms with Crippen LogP contribution < -0.4 is 5.11 Å². The molecule has 1 saturated carbocycles. The minimum atomic E-state index is -0.955. The van der Waals surface area contributed by atoms with Crippen molar-refractivity contribution in [2.45, 2.75) is 77.7 Å². The predicted molar refractivity (Wildman–Crippen MR) is 72.6 cm³/mol. The number of carboxylic acids is 1. The fourth-order valence-corrected chi connectivity index (χ4v) is 2.68. The van der Waals surface area contributed by atoms with Crippen LogP contribution in [-0.2, 0) is 4.79 Å². The smallest absolute Gasteiger partial charge is 0.0501 e. The molecule has 0 heterocycles. The third-order valence-electron chi connectivity index (χ3n) is 3.85. The highest BCUT2D eigenvalue weighted by Crippen LogP contribution is 2.22. The second-order valence-electron chi connectivity index (χ2n) is 5.43. The quantitative estimate of drug-likeness (QED) is 0.517. The van der Waals surface area contributed by atoms with Gasteiger partial charge < -0.3 is 9.90 Å². The maximum absolute atomic E-state index is 11.2. The van der Waals surface area contributed by atoms with E-state index in [0.717, 1.165) is 37.8 Å². The molecule has 1 rings (SSSR count). The van der Waals surface area contributed by atoms with Crippen LogP contribution >= 0.6 is 0 Å². The van der Waals surface area contributed by atoms with Gasteiger partial charge in [-0.05, 0) is 26.2 Å². The van der Waals surface area contributed by atoms with Crippen molar-refractivity contribution in [1.29, 1.82) is 0 Å². The van der Waals surface area contributed by atoms with Crippen molar-refractivity contribution in [3.63, 3.8) is 0 Å². The highest BCUT2D eigenvalue weighted by atomic mass is 16.4. The van der Waals surface area contributed by atoms with E-state index in [4.69, 9.17) is 0 Å². The monoisotopic (exact) mass is 252 g/mol. The van der Waals surface area contributed by atoms with Crippen LogP contribution in [0, 0.1) is 5.92 Å². The Morgan fingerprint density at radius 1 is 1.28 bits per heavy atom. The zero-order valence-corrected chi connectivity index (χ0v) is 11.8. The summed E-state index contributed by atoms with van der Waals surface area (Å²) >= 11 is 0. The molecule has 3 nitrogen and oxygen atoms in total. The number of rotatable bonds is 7. The highest BCUT2D eigenvalue weighted by Gasteiger charge is 2.17. The van der Waals surface area contributed by atoms with Crippen molar-refractivity contribution in [3.8, 4) is 0 Å². The topological polar surface area (TPSA) is 52.5 Å². The van der Waals surface area contributed by atoms with Crippen molar-refractivity contribution < 1.29 is 9.90 Å². The Balaban J connectivity index is 2.53. The van der Waals surface area contributed by atoms with Crippen molar-refractivity contribution >= 4 is 11.7 Å². The highest BCUT2D eigenvalue weighted by molar-refractivity contribution is 5.99. The standard InChI is InChI=1S/C15H27NO2/c1-3-4-6-11-14(15(17)18)12(2)16-13-9-7-5-8-10-13/h13-14H,3-11H2,1-2H3,(H,17,18)/p-1. The molecular weight excluding hydrogens is 226 g/mol. The first-order chi connectivity index (χ1) is 8.65. The number of carboxylic acid groups (broad SMARTS) is 1. The molecule has 0 aromatic carbocycles. The lowest BCUT2D eigenvalue weighted by atomic mass is 9.93. The lowest BCUT2D eigenvalue weighted by molar-refractivity contribution is -0.309. The van der Waals surface area contributed by atoms with Crippen molar-refractivity contribution in [2.75, 3.05) is 0 Å². The fourth-order valence-electron chi connectivity index (χ4n) is 2.68. The molecule has 0 saturated heterocycles. The molecule has 1 fully saturated rings. The van der Waals surface area contributed by atoms with Crippen molar-refractivity contribution in [3.05, 3.63) is 0 Å². The average molecular weight is 252 g/mol. The summed E-state index contributed by atoms with van der Waals surface area (Å²) in [4.78, 5) is 15.8. The Morgan fingerprint density at radius 3 is 2.50 bits per heavy atom. The summed E-state index contributed by atoms with van der Waals surface area (Å²) in [5.74, 6) is -1.43. The van der Waals surface area contributed by atoms with Crippen molar-refractivity contribution in [1.82, 2.24) is 0 Å². The summed E-state index contributed by atoms with van der Waals surface area (Å²) < 4.78 is 0. The van der Waals surface area contributed by atoms with E-state index in [1.165, 1.54) is 19.3 Å². The molecule has 1 unspecified atom stereocenters. The Labute approximate surface area is 111 Å². The summed E-state index contributed by atoms with van der Waals surface area (Å²) in [7, 11) is 0. The second-order valence-corrected chi connectivity index (χ2v) is 5.43. The van der Waals surface area contributed by atoms with Crippen LogP contribution in [0.4, 0.5) is 0 Å². The van der Waals surface area contributed by atoms with Gasteiger partial charge in [-0.3, -0.25) is 4.99 Å². The van der Waals surface area contributed by atoms with E-state index in [-0.39, 0.29) is 0 Å². The molecule has 1 atom stereocenters. The number of carbonyl (C=O) groups excluding carboxylic acids is 1. The molecule has 104 valence electrons. The molecule has 3 heteroatoms. The zero-order chi connectivity index (χ0) is 13.4. The SMILES string of the molecule is CCCCCC(C(=O)[O-])C(C)=NC1CCCCC1. The predicted octanol–water partition coefficient (Wildman–Crippen LogP) is 2.73. The van der Waals surface area contributed by atoms with Crippen LogP contribution in [-0.4, -0.2) is 17.7 Å². The third kappa shape index (κ3) is 5.19. The summed E-state index contributed by atoms with van der Waals surface area (Å²) in [6.45, 7) is 3.98. The van der Waals surface area contributed by atoms with E-state index >= 15 is 0 Å². The van der Waals surface area contributed by atoms with E-state index in [1.54, 1.807) is 0 Å².